The average Bonchev–Trinajstić information content (AvgIpc) is 3.18. The highest BCUT2D eigenvalue weighted by molar-refractivity contribution is 7.08. The van der Waals surface area contributed by atoms with Gasteiger partial charge in [-0.15, -0.1) is 0 Å². The largest absolute Gasteiger partial charge is 0.452 e. The second kappa shape index (κ2) is 5.27. The molecule has 108 valence electrons. The lowest BCUT2D eigenvalue weighted by atomic mass is 10.1. The number of halogens is 1. The van der Waals surface area contributed by atoms with E-state index in [4.69, 9.17) is 4.74 Å². The van der Waals surface area contributed by atoms with Crippen molar-refractivity contribution in [1.82, 2.24) is 9.61 Å². The number of aromatic nitrogens is 2. The number of para-hydroxylation sites is 1. The summed E-state index contributed by atoms with van der Waals surface area (Å²) >= 11 is 1.63. The SMILES string of the molecule is Fc1ccccc1Oc1ccnn2ccc(-c3ccsc3)c12. The normalized spacial score (nSPS) is 11.0. The number of fused-ring (bicyclic) bond motifs is 1. The first-order chi connectivity index (χ1) is 10.8. The zero-order valence-corrected chi connectivity index (χ0v) is 12.3. The molecule has 0 amide bonds. The molecular weight excluding hydrogens is 299 g/mol. The van der Waals surface area contributed by atoms with Gasteiger partial charge in [-0.3, -0.25) is 0 Å². The Balaban J connectivity index is 1.88. The maximum atomic E-state index is 13.8. The summed E-state index contributed by atoms with van der Waals surface area (Å²) in [6, 6.07) is 12.1. The maximum Gasteiger partial charge on any atom is 0.165 e. The molecule has 0 N–H and O–H groups in total. The van der Waals surface area contributed by atoms with Gasteiger partial charge in [0.2, 0.25) is 0 Å². The number of nitrogens with zero attached hydrogens (tertiary/aromatic N) is 2. The molecule has 3 aromatic heterocycles. The summed E-state index contributed by atoms with van der Waals surface area (Å²) in [5.41, 5.74) is 2.93. The van der Waals surface area contributed by atoms with E-state index in [1.807, 2.05) is 23.7 Å². The average molecular weight is 310 g/mol. The van der Waals surface area contributed by atoms with Crippen molar-refractivity contribution in [2.45, 2.75) is 0 Å². The summed E-state index contributed by atoms with van der Waals surface area (Å²) in [4.78, 5) is 0. The minimum Gasteiger partial charge on any atom is -0.452 e. The zero-order chi connectivity index (χ0) is 14.9. The number of hydrogen-bond donors (Lipinski definition) is 0. The molecule has 0 spiro atoms. The van der Waals surface area contributed by atoms with Crippen molar-refractivity contribution in [2.24, 2.45) is 0 Å². The number of thiophene rings is 1. The van der Waals surface area contributed by atoms with E-state index in [-0.39, 0.29) is 11.6 Å². The quantitative estimate of drug-likeness (QED) is 0.532. The third-order valence-electron chi connectivity index (χ3n) is 3.41. The van der Waals surface area contributed by atoms with E-state index in [2.05, 4.69) is 10.5 Å². The van der Waals surface area contributed by atoms with Gasteiger partial charge in [0, 0.05) is 17.8 Å². The fraction of sp³-hybridized carbons (Fsp3) is 0. The second-order valence-electron chi connectivity index (χ2n) is 4.76. The van der Waals surface area contributed by atoms with Crippen molar-refractivity contribution in [3.05, 3.63) is 71.4 Å². The molecule has 4 aromatic rings. The van der Waals surface area contributed by atoms with Crippen LogP contribution in [-0.4, -0.2) is 9.61 Å². The molecule has 0 fully saturated rings. The molecule has 0 unspecified atom stereocenters. The van der Waals surface area contributed by atoms with E-state index in [1.54, 1.807) is 46.3 Å². The summed E-state index contributed by atoms with van der Waals surface area (Å²) in [5, 5.41) is 8.37. The van der Waals surface area contributed by atoms with Crippen LogP contribution in [0.4, 0.5) is 4.39 Å². The van der Waals surface area contributed by atoms with Crippen LogP contribution in [-0.2, 0) is 0 Å². The molecule has 0 atom stereocenters. The van der Waals surface area contributed by atoms with E-state index in [0.29, 0.717) is 5.75 Å². The Bertz CT molecular complexity index is 931. The second-order valence-corrected chi connectivity index (χ2v) is 5.54. The highest BCUT2D eigenvalue weighted by atomic mass is 32.1. The molecule has 5 heteroatoms. The molecule has 0 aliphatic heterocycles. The Morgan fingerprint density at radius 1 is 1.05 bits per heavy atom. The summed E-state index contributed by atoms with van der Waals surface area (Å²) in [6.45, 7) is 0. The minimum absolute atomic E-state index is 0.202. The first-order valence-electron chi connectivity index (χ1n) is 6.74. The molecule has 0 aliphatic rings. The molecule has 4 rings (SSSR count). The van der Waals surface area contributed by atoms with Gasteiger partial charge in [-0.2, -0.15) is 16.4 Å². The number of benzene rings is 1. The summed E-state index contributed by atoms with van der Waals surface area (Å²) < 4.78 is 21.4. The van der Waals surface area contributed by atoms with Gasteiger partial charge in [0.15, 0.2) is 17.3 Å². The molecule has 3 nitrogen and oxygen atoms in total. The van der Waals surface area contributed by atoms with Crippen LogP contribution in [0.15, 0.2) is 65.6 Å². The lowest BCUT2D eigenvalue weighted by Crippen LogP contribution is -1.94. The van der Waals surface area contributed by atoms with Crippen LogP contribution in [0, 0.1) is 5.82 Å². The highest BCUT2D eigenvalue weighted by Gasteiger charge is 2.13. The molecule has 22 heavy (non-hydrogen) atoms. The molecular formula is C17H11FN2OS. The van der Waals surface area contributed by atoms with E-state index in [1.165, 1.54) is 6.07 Å². The first-order valence-corrected chi connectivity index (χ1v) is 7.68. The molecule has 0 saturated carbocycles. The molecule has 0 radical (unpaired) electrons. The standard InChI is InChI=1S/C17H11FN2OS/c18-14-3-1-2-4-15(14)21-16-5-8-19-20-9-6-13(17(16)20)12-7-10-22-11-12/h1-11H. The van der Waals surface area contributed by atoms with Crippen LogP contribution in [0.1, 0.15) is 0 Å². The van der Waals surface area contributed by atoms with Gasteiger partial charge in [0.1, 0.15) is 5.52 Å². The lowest BCUT2D eigenvalue weighted by molar-refractivity contribution is 0.444. The predicted molar refractivity (Wildman–Crippen MR) is 85.0 cm³/mol. The van der Waals surface area contributed by atoms with Crippen LogP contribution in [0.5, 0.6) is 11.5 Å². The van der Waals surface area contributed by atoms with Crippen molar-refractivity contribution in [1.29, 1.82) is 0 Å². The minimum atomic E-state index is -0.388. The molecule has 3 heterocycles. The van der Waals surface area contributed by atoms with Gasteiger partial charge in [-0.05, 0) is 40.6 Å². The Hall–Kier alpha value is -2.66. The Morgan fingerprint density at radius 3 is 2.77 bits per heavy atom. The molecule has 1 aromatic carbocycles. The van der Waals surface area contributed by atoms with Gasteiger partial charge >= 0.3 is 0 Å². The van der Waals surface area contributed by atoms with Gasteiger partial charge in [-0.1, -0.05) is 12.1 Å². The highest BCUT2D eigenvalue weighted by Crippen LogP contribution is 2.35. The molecule has 0 aliphatic carbocycles. The fourth-order valence-corrected chi connectivity index (χ4v) is 3.05. The van der Waals surface area contributed by atoms with Crippen molar-refractivity contribution in [3.8, 4) is 22.6 Å². The predicted octanol–water partition coefficient (Wildman–Crippen LogP) is 4.99. The zero-order valence-electron chi connectivity index (χ0n) is 11.4. The van der Waals surface area contributed by atoms with E-state index in [0.717, 1.165) is 16.6 Å². The van der Waals surface area contributed by atoms with Crippen LogP contribution in [0.3, 0.4) is 0 Å². The van der Waals surface area contributed by atoms with E-state index in [9.17, 15) is 4.39 Å². The van der Waals surface area contributed by atoms with Gasteiger partial charge in [0.05, 0.1) is 6.20 Å². The third kappa shape index (κ3) is 2.16. The first kappa shape index (κ1) is 13.0. The van der Waals surface area contributed by atoms with Gasteiger partial charge < -0.3 is 4.74 Å². The van der Waals surface area contributed by atoms with Crippen molar-refractivity contribution >= 4 is 16.9 Å². The van der Waals surface area contributed by atoms with Crippen LogP contribution in [0.25, 0.3) is 16.6 Å². The van der Waals surface area contributed by atoms with Crippen molar-refractivity contribution < 1.29 is 9.13 Å². The topological polar surface area (TPSA) is 26.5 Å². The summed E-state index contributed by atoms with van der Waals surface area (Å²) in [7, 11) is 0. The van der Waals surface area contributed by atoms with Crippen LogP contribution < -0.4 is 4.74 Å². The van der Waals surface area contributed by atoms with E-state index < -0.39 is 0 Å². The summed E-state index contributed by atoms with van der Waals surface area (Å²) in [6.07, 6.45) is 3.51. The Labute approximate surface area is 130 Å². The van der Waals surface area contributed by atoms with Gasteiger partial charge in [-0.25, -0.2) is 8.91 Å². The number of ether oxygens (including phenoxy) is 1. The van der Waals surface area contributed by atoms with Crippen LogP contribution >= 0.6 is 11.3 Å². The smallest absolute Gasteiger partial charge is 0.165 e. The van der Waals surface area contributed by atoms with Crippen LogP contribution in [0.2, 0.25) is 0 Å². The Kier molecular flexibility index (Phi) is 3.12. The molecule has 0 bridgehead atoms. The fourth-order valence-electron chi connectivity index (χ4n) is 2.39. The van der Waals surface area contributed by atoms with Gasteiger partial charge in [0.25, 0.3) is 0 Å². The van der Waals surface area contributed by atoms with Crippen molar-refractivity contribution in [3.63, 3.8) is 0 Å². The monoisotopic (exact) mass is 310 g/mol. The number of hydrogen-bond acceptors (Lipinski definition) is 3. The lowest BCUT2D eigenvalue weighted by Gasteiger charge is -2.09. The summed E-state index contributed by atoms with van der Waals surface area (Å²) in [5.74, 6) is 0.389. The maximum absolute atomic E-state index is 13.8. The van der Waals surface area contributed by atoms with E-state index >= 15 is 0 Å². The van der Waals surface area contributed by atoms with Crippen molar-refractivity contribution in [2.75, 3.05) is 0 Å². The molecule has 0 saturated heterocycles. The Morgan fingerprint density at radius 2 is 1.95 bits per heavy atom. The third-order valence-corrected chi connectivity index (χ3v) is 4.09. The number of rotatable bonds is 3.